The van der Waals surface area contributed by atoms with E-state index in [-0.39, 0.29) is 16.3 Å². The van der Waals surface area contributed by atoms with Crippen molar-refractivity contribution in [3.05, 3.63) is 70.3 Å². The number of rotatable bonds is 9. The minimum atomic E-state index is -3.76. The highest BCUT2D eigenvalue weighted by Crippen LogP contribution is 2.30. The Morgan fingerprint density at radius 2 is 1.72 bits per heavy atom. The van der Waals surface area contributed by atoms with Gasteiger partial charge in [-0.2, -0.15) is 9.61 Å². The zero-order valence-corrected chi connectivity index (χ0v) is 23.4. The molecule has 2 aromatic heterocycles. The highest BCUT2D eigenvalue weighted by molar-refractivity contribution is 9.10. The van der Waals surface area contributed by atoms with Crippen molar-refractivity contribution in [3.63, 3.8) is 0 Å². The van der Waals surface area contributed by atoms with Gasteiger partial charge in [-0.3, -0.25) is 0 Å². The van der Waals surface area contributed by atoms with Crippen LogP contribution >= 0.6 is 27.5 Å². The van der Waals surface area contributed by atoms with Crippen molar-refractivity contribution in [2.45, 2.75) is 16.2 Å². The summed E-state index contributed by atoms with van der Waals surface area (Å²) >= 11 is 9.85. The number of nitrogens with one attached hydrogen (secondary N) is 1. The quantitative estimate of drug-likeness (QED) is 0.280. The molecule has 0 fully saturated rings. The fraction of sp³-hybridized carbons (Fsp3) is 0.217. The molecule has 0 saturated heterocycles. The third-order valence-corrected chi connectivity index (χ3v) is 9.38. The Bertz CT molecular complexity index is 1620. The normalized spacial score (nSPS) is 12.4. The van der Waals surface area contributed by atoms with E-state index in [1.54, 1.807) is 16.8 Å². The molecular weight excluding hydrogens is 590 g/mol. The van der Waals surface area contributed by atoms with Crippen LogP contribution in [0.1, 0.15) is 6.42 Å². The van der Waals surface area contributed by atoms with Gasteiger partial charge in [-0.1, -0.05) is 29.8 Å². The molecule has 0 aliphatic carbocycles. The standard InChI is InChI=1S/C23H23BrClN5O4S2/c1-29(36(33,34)17-10-8-16(9-11-17)35(2,31)32)13-5-12-26-22-14-21(18-6-3-4-7-20(18)25)28-23-19(24)15-27-30(22)23/h3-4,6-11,14-15,26H,5,12-13H2,1-2H3. The Labute approximate surface area is 223 Å². The van der Waals surface area contributed by atoms with Crippen LogP contribution in [-0.4, -0.2) is 62.1 Å². The van der Waals surface area contributed by atoms with E-state index in [0.29, 0.717) is 35.1 Å². The zero-order valence-electron chi connectivity index (χ0n) is 19.4. The minimum absolute atomic E-state index is 0.0342. The van der Waals surface area contributed by atoms with Crippen LogP contribution < -0.4 is 5.32 Å². The van der Waals surface area contributed by atoms with Crippen LogP contribution in [0.5, 0.6) is 0 Å². The molecule has 13 heteroatoms. The topological polar surface area (TPSA) is 114 Å². The lowest BCUT2D eigenvalue weighted by atomic mass is 10.1. The van der Waals surface area contributed by atoms with Crippen LogP contribution in [0.3, 0.4) is 0 Å². The van der Waals surface area contributed by atoms with Gasteiger partial charge in [-0.05, 0) is 52.7 Å². The molecule has 0 unspecified atom stereocenters. The largest absolute Gasteiger partial charge is 0.370 e. The fourth-order valence-corrected chi connectivity index (χ4v) is 5.97. The summed E-state index contributed by atoms with van der Waals surface area (Å²) in [5, 5.41) is 8.24. The predicted molar refractivity (Wildman–Crippen MR) is 144 cm³/mol. The summed E-state index contributed by atoms with van der Waals surface area (Å²) in [6, 6.07) is 14.5. The van der Waals surface area contributed by atoms with E-state index in [1.807, 2.05) is 24.3 Å². The van der Waals surface area contributed by atoms with E-state index < -0.39 is 19.9 Å². The summed E-state index contributed by atoms with van der Waals surface area (Å²) < 4.78 is 52.7. The maximum absolute atomic E-state index is 12.9. The molecule has 0 aliphatic rings. The molecule has 190 valence electrons. The van der Waals surface area contributed by atoms with Crippen LogP contribution in [-0.2, 0) is 19.9 Å². The Morgan fingerprint density at radius 3 is 2.39 bits per heavy atom. The first-order valence-electron chi connectivity index (χ1n) is 10.8. The predicted octanol–water partition coefficient (Wildman–Crippen LogP) is 4.34. The number of sulfone groups is 1. The average Bonchev–Trinajstić information content (AvgIpc) is 3.22. The van der Waals surface area contributed by atoms with Gasteiger partial charge in [-0.15, -0.1) is 0 Å². The lowest BCUT2D eigenvalue weighted by molar-refractivity contribution is 0.465. The van der Waals surface area contributed by atoms with Crippen LogP contribution in [0, 0.1) is 0 Å². The van der Waals surface area contributed by atoms with Crippen molar-refractivity contribution in [1.29, 1.82) is 0 Å². The van der Waals surface area contributed by atoms with Gasteiger partial charge in [0.15, 0.2) is 15.5 Å². The van der Waals surface area contributed by atoms with Crippen LogP contribution in [0.15, 0.2) is 75.1 Å². The van der Waals surface area contributed by atoms with E-state index in [4.69, 9.17) is 11.6 Å². The van der Waals surface area contributed by atoms with E-state index in [9.17, 15) is 16.8 Å². The molecule has 4 rings (SSSR count). The summed E-state index contributed by atoms with van der Waals surface area (Å²) in [4.78, 5) is 4.78. The third kappa shape index (κ3) is 5.57. The van der Waals surface area contributed by atoms with Gasteiger partial charge < -0.3 is 5.32 Å². The number of benzene rings is 2. The molecule has 0 radical (unpaired) electrons. The third-order valence-electron chi connectivity index (χ3n) is 5.49. The summed E-state index contributed by atoms with van der Waals surface area (Å²) in [7, 11) is -5.68. The number of hydrogen-bond donors (Lipinski definition) is 1. The Kier molecular flexibility index (Phi) is 7.72. The van der Waals surface area contributed by atoms with Crippen LogP contribution in [0.4, 0.5) is 5.82 Å². The van der Waals surface area contributed by atoms with Gasteiger partial charge in [-0.25, -0.2) is 26.1 Å². The van der Waals surface area contributed by atoms with Crippen molar-refractivity contribution in [1.82, 2.24) is 18.9 Å². The Morgan fingerprint density at radius 1 is 1.06 bits per heavy atom. The molecular formula is C23H23BrClN5O4S2. The number of halogens is 2. The van der Waals surface area contributed by atoms with Crippen LogP contribution in [0.25, 0.3) is 16.9 Å². The van der Waals surface area contributed by atoms with Gasteiger partial charge in [0, 0.05) is 43.0 Å². The van der Waals surface area contributed by atoms with Gasteiger partial charge in [0.25, 0.3) is 0 Å². The molecule has 2 heterocycles. The van der Waals surface area contributed by atoms with Gasteiger partial charge in [0.2, 0.25) is 10.0 Å². The molecule has 0 aliphatic heterocycles. The Balaban J connectivity index is 1.46. The second-order valence-corrected chi connectivity index (χ2v) is 13.4. The Hall–Kier alpha value is -2.51. The molecule has 0 bridgehead atoms. The molecule has 36 heavy (non-hydrogen) atoms. The second kappa shape index (κ2) is 10.5. The first-order valence-corrected chi connectivity index (χ1v) is 15.3. The molecule has 4 aromatic rings. The summed E-state index contributed by atoms with van der Waals surface area (Å²) in [5.41, 5.74) is 2.08. The maximum atomic E-state index is 12.9. The summed E-state index contributed by atoms with van der Waals surface area (Å²) in [6.07, 6.45) is 3.23. The number of sulfonamides is 1. The average molecular weight is 613 g/mol. The lowest BCUT2D eigenvalue weighted by Crippen LogP contribution is -2.29. The highest BCUT2D eigenvalue weighted by Gasteiger charge is 2.21. The van der Waals surface area contributed by atoms with Gasteiger partial charge in [0.1, 0.15) is 5.82 Å². The molecule has 0 amide bonds. The summed E-state index contributed by atoms with van der Waals surface area (Å²) in [6.45, 7) is 0.711. The summed E-state index contributed by atoms with van der Waals surface area (Å²) in [5.74, 6) is 0.683. The lowest BCUT2D eigenvalue weighted by Gasteiger charge is -2.18. The maximum Gasteiger partial charge on any atom is 0.242 e. The van der Waals surface area contributed by atoms with Crippen molar-refractivity contribution >= 4 is 58.9 Å². The molecule has 0 saturated carbocycles. The first kappa shape index (κ1) is 26.6. The van der Waals surface area contributed by atoms with Crippen molar-refractivity contribution in [2.24, 2.45) is 0 Å². The number of aromatic nitrogens is 3. The van der Waals surface area contributed by atoms with E-state index in [2.05, 4.69) is 31.3 Å². The minimum Gasteiger partial charge on any atom is -0.370 e. The number of nitrogens with zero attached hydrogens (tertiary/aromatic N) is 4. The van der Waals surface area contributed by atoms with E-state index in [1.165, 1.54) is 35.6 Å². The van der Waals surface area contributed by atoms with E-state index >= 15 is 0 Å². The monoisotopic (exact) mass is 611 g/mol. The van der Waals surface area contributed by atoms with Gasteiger partial charge >= 0.3 is 0 Å². The number of hydrogen-bond acceptors (Lipinski definition) is 7. The van der Waals surface area contributed by atoms with Crippen molar-refractivity contribution in [2.75, 3.05) is 31.7 Å². The SMILES string of the molecule is CN(CCCNc1cc(-c2ccccc2Cl)nc2c(Br)cnn12)S(=O)(=O)c1ccc(S(C)(=O)=O)cc1. The fourth-order valence-electron chi connectivity index (χ4n) is 3.55. The zero-order chi connectivity index (χ0) is 26.1. The second-order valence-electron chi connectivity index (χ2n) is 8.08. The molecule has 0 atom stereocenters. The molecule has 1 N–H and O–H groups in total. The van der Waals surface area contributed by atoms with Crippen molar-refractivity contribution in [3.8, 4) is 11.3 Å². The van der Waals surface area contributed by atoms with Crippen LogP contribution in [0.2, 0.25) is 5.02 Å². The number of fused-ring (bicyclic) bond motifs is 1. The molecule has 2 aromatic carbocycles. The smallest absolute Gasteiger partial charge is 0.242 e. The first-order chi connectivity index (χ1) is 17.0. The van der Waals surface area contributed by atoms with Gasteiger partial charge in [0.05, 0.1) is 26.2 Å². The molecule has 0 spiro atoms. The van der Waals surface area contributed by atoms with E-state index in [0.717, 1.165) is 16.3 Å². The van der Waals surface area contributed by atoms with Crippen molar-refractivity contribution < 1.29 is 16.8 Å². The highest BCUT2D eigenvalue weighted by atomic mass is 79.9. The molecule has 9 nitrogen and oxygen atoms in total. The number of anilines is 1.